The molecule has 0 radical (unpaired) electrons. The van der Waals surface area contributed by atoms with Gasteiger partial charge in [0.15, 0.2) is 0 Å². The lowest BCUT2D eigenvalue weighted by Gasteiger charge is -2.22. The van der Waals surface area contributed by atoms with E-state index in [0.717, 1.165) is 37.7 Å². The standard InChI is InChI=1S/C17H22N6O/c1-21(2)15-5-4-14(12-20-15)17(24)23-9-3-8-22(10-11-23)16-13-18-6-7-19-16/h4-7,12-13H,3,8-11H2,1-2H3. The fraction of sp³-hybridized carbons (Fsp3) is 0.412. The van der Waals surface area contributed by atoms with Gasteiger partial charge < -0.3 is 14.7 Å². The SMILES string of the molecule is CN(C)c1ccc(C(=O)N2CCCN(c3cnccn3)CC2)cn1. The van der Waals surface area contributed by atoms with Gasteiger partial charge in [-0.25, -0.2) is 9.97 Å². The van der Waals surface area contributed by atoms with Gasteiger partial charge in [0.2, 0.25) is 0 Å². The quantitative estimate of drug-likeness (QED) is 0.847. The van der Waals surface area contributed by atoms with Crippen molar-refractivity contribution in [3.8, 4) is 0 Å². The molecule has 7 heteroatoms. The van der Waals surface area contributed by atoms with Gasteiger partial charge in [0.25, 0.3) is 5.91 Å². The van der Waals surface area contributed by atoms with Crippen LogP contribution in [0, 0.1) is 0 Å². The summed E-state index contributed by atoms with van der Waals surface area (Å²) in [5.74, 6) is 1.74. The summed E-state index contributed by atoms with van der Waals surface area (Å²) in [5, 5.41) is 0. The normalized spacial score (nSPS) is 15.1. The van der Waals surface area contributed by atoms with Crippen LogP contribution < -0.4 is 9.80 Å². The van der Waals surface area contributed by atoms with Gasteiger partial charge in [0.1, 0.15) is 11.6 Å². The second-order valence-corrected chi connectivity index (χ2v) is 6.00. The molecular weight excluding hydrogens is 304 g/mol. The number of nitrogens with zero attached hydrogens (tertiary/aromatic N) is 6. The van der Waals surface area contributed by atoms with E-state index in [1.54, 1.807) is 24.8 Å². The Labute approximate surface area is 142 Å². The smallest absolute Gasteiger partial charge is 0.255 e. The van der Waals surface area contributed by atoms with Crippen molar-refractivity contribution < 1.29 is 4.79 Å². The molecule has 0 spiro atoms. The first-order valence-electron chi connectivity index (χ1n) is 8.09. The summed E-state index contributed by atoms with van der Waals surface area (Å²) in [7, 11) is 3.86. The van der Waals surface area contributed by atoms with Crippen LogP contribution >= 0.6 is 0 Å². The maximum atomic E-state index is 12.7. The van der Waals surface area contributed by atoms with Crippen molar-refractivity contribution in [3.63, 3.8) is 0 Å². The minimum atomic E-state index is 0.0359. The molecule has 3 heterocycles. The largest absolute Gasteiger partial charge is 0.363 e. The van der Waals surface area contributed by atoms with Crippen LogP contribution in [-0.2, 0) is 0 Å². The molecule has 1 aliphatic heterocycles. The van der Waals surface area contributed by atoms with Gasteiger partial charge in [-0.3, -0.25) is 9.78 Å². The van der Waals surface area contributed by atoms with E-state index < -0.39 is 0 Å². The molecule has 0 saturated carbocycles. The number of aromatic nitrogens is 3. The number of hydrogen-bond acceptors (Lipinski definition) is 6. The molecule has 1 fully saturated rings. The Balaban J connectivity index is 1.66. The van der Waals surface area contributed by atoms with Crippen molar-refractivity contribution in [2.24, 2.45) is 0 Å². The maximum absolute atomic E-state index is 12.7. The lowest BCUT2D eigenvalue weighted by Crippen LogP contribution is -2.35. The molecule has 0 N–H and O–H groups in total. The summed E-state index contributed by atoms with van der Waals surface area (Å²) >= 11 is 0. The second kappa shape index (κ2) is 7.25. The van der Waals surface area contributed by atoms with Crippen LogP contribution in [0.2, 0.25) is 0 Å². The predicted octanol–water partition coefficient (Wildman–Crippen LogP) is 1.29. The maximum Gasteiger partial charge on any atom is 0.255 e. The Kier molecular flexibility index (Phi) is 4.88. The van der Waals surface area contributed by atoms with E-state index in [-0.39, 0.29) is 5.91 Å². The molecule has 7 nitrogen and oxygen atoms in total. The van der Waals surface area contributed by atoms with Crippen LogP contribution in [0.15, 0.2) is 36.9 Å². The van der Waals surface area contributed by atoms with Crippen LogP contribution in [0.1, 0.15) is 16.8 Å². The molecule has 1 aliphatic rings. The van der Waals surface area contributed by atoms with Gasteiger partial charge in [-0.15, -0.1) is 0 Å². The fourth-order valence-corrected chi connectivity index (χ4v) is 2.76. The van der Waals surface area contributed by atoms with Gasteiger partial charge in [0, 0.05) is 58.9 Å². The first-order chi connectivity index (χ1) is 11.6. The monoisotopic (exact) mass is 326 g/mol. The third-order valence-electron chi connectivity index (χ3n) is 4.11. The van der Waals surface area contributed by atoms with E-state index in [1.807, 2.05) is 36.0 Å². The number of hydrogen-bond donors (Lipinski definition) is 0. The molecule has 2 aromatic heterocycles. The van der Waals surface area contributed by atoms with Crippen LogP contribution in [0.25, 0.3) is 0 Å². The van der Waals surface area contributed by atoms with Crippen LogP contribution in [0.4, 0.5) is 11.6 Å². The van der Waals surface area contributed by atoms with Gasteiger partial charge >= 0.3 is 0 Å². The number of pyridine rings is 1. The zero-order valence-electron chi connectivity index (χ0n) is 14.1. The Bertz CT molecular complexity index is 673. The van der Waals surface area contributed by atoms with Gasteiger partial charge in [-0.2, -0.15) is 0 Å². The number of amides is 1. The Morgan fingerprint density at radius 1 is 1.04 bits per heavy atom. The molecule has 0 aliphatic carbocycles. The number of carbonyl (C=O) groups excluding carboxylic acids is 1. The molecule has 0 atom stereocenters. The van der Waals surface area contributed by atoms with Crippen LogP contribution in [0.5, 0.6) is 0 Å². The van der Waals surface area contributed by atoms with Crippen molar-refractivity contribution >= 4 is 17.5 Å². The van der Waals surface area contributed by atoms with E-state index >= 15 is 0 Å². The van der Waals surface area contributed by atoms with E-state index in [2.05, 4.69) is 19.9 Å². The first kappa shape index (κ1) is 16.2. The fourth-order valence-electron chi connectivity index (χ4n) is 2.76. The summed E-state index contributed by atoms with van der Waals surface area (Å²) in [6.07, 6.45) is 7.69. The highest BCUT2D eigenvalue weighted by Gasteiger charge is 2.21. The zero-order chi connectivity index (χ0) is 16.9. The highest BCUT2D eigenvalue weighted by molar-refractivity contribution is 5.94. The number of anilines is 2. The van der Waals surface area contributed by atoms with Gasteiger partial charge in [-0.05, 0) is 18.6 Å². The van der Waals surface area contributed by atoms with Gasteiger partial charge in [0.05, 0.1) is 11.8 Å². The van der Waals surface area contributed by atoms with Crippen molar-refractivity contribution in [2.45, 2.75) is 6.42 Å². The molecule has 0 aromatic carbocycles. The van der Waals surface area contributed by atoms with Gasteiger partial charge in [-0.1, -0.05) is 0 Å². The minimum absolute atomic E-state index is 0.0359. The lowest BCUT2D eigenvalue weighted by atomic mass is 10.2. The topological polar surface area (TPSA) is 65.5 Å². The van der Waals surface area contributed by atoms with E-state index in [4.69, 9.17) is 0 Å². The van der Waals surface area contributed by atoms with E-state index in [0.29, 0.717) is 12.1 Å². The highest BCUT2D eigenvalue weighted by atomic mass is 16.2. The number of carbonyl (C=O) groups is 1. The third-order valence-corrected chi connectivity index (χ3v) is 4.11. The molecular formula is C17H22N6O. The Morgan fingerprint density at radius 3 is 2.58 bits per heavy atom. The average molecular weight is 326 g/mol. The molecule has 0 bridgehead atoms. The summed E-state index contributed by atoms with van der Waals surface area (Å²) < 4.78 is 0. The number of rotatable bonds is 3. The third kappa shape index (κ3) is 3.61. The second-order valence-electron chi connectivity index (χ2n) is 6.00. The van der Waals surface area contributed by atoms with Crippen molar-refractivity contribution in [1.82, 2.24) is 19.9 Å². The van der Waals surface area contributed by atoms with Crippen molar-refractivity contribution in [1.29, 1.82) is 0 Å². The van der Waals surface area contributed by atoms with Crippen molar-refractivity contribution in [3.05, 3.63) is 42.5 Å². The molecule has 0 unspecified atom stereocenters. The zero-order valence-corrected chi connectivity index (χ0v) is 14.1. The molecule has 24 heavy (non-hydrogen) atoms. The summed E-state index contributed by atoms with van der Waals surface area (Å²) in [6.45, 7) is 3.05. The summed E-state index contributed by atoms with van der Waals surface area (Å²) in [5.41, 5.74) is 0.633. The summed E-state index contributed by atoms with van der Waals surface area (Å²) in [6, 6.07) is 3.72. The molecule has 1 saturated heterocycles. The Morgan fingerprint density at radius 2 is 1.92 bits per heavy atom. The predicted molar refractivity (Wildman–Crippen MR) is 93.3 cm³/mol. The van der Waals surface area contributed by atoms with Crippen LogP contribution in [-0.4, -0.2) is 66.0 Å². The Hall–Kier alpha value is -2.70. The van der Waals surface area contributed by atoms with Crippen molar-refractivity contribution in [2.75, 3.05) is 50.1 Å². The first-order valence-corrected chi connectivity index (χ1v) is 8.09. The molecule has 2 aromatic rings. The van der Waals surface area contributed by atoms with Crippen LogP contribution in [0.3, 0.4) is 0 Å². The minimum Gasteiger partial charge on any atom is -0.363 e. The molecule has 3 rings (SSSR count). The lowest BCUT2D eigenvalue weighted by molar-refractivity contribution is 0.0766. The molecule has 1 amide bonds. The summed E-state index contributed by atoms with van der Waals surface area (Å²) in [4.78, 5) is 31.5. The van der Waals surface area contributed by atoms with E-state index in [1.165, 1.54) is 0 Å². The highest BCUT2D eigenvalue weighted by Crippen LogP contribution is 2.15. The molecule has 126 valence electrons. The average Bonchev–Trinajstić information content (AvgIpc) is 2.88. The van der Waals surface area contributed by atoms with E-state index in [9.17, 15) is 4.79 Å².